The molecule has 31 heavy (non-hydrogen) atoms. The number of fused-ring (bicyclic) bond motifs is 1. The van der Waals surface area contributed by atoms with Gasteiger partial charge in [0, 0.05) is 25.2 Å². The molecule has 0 radical (unpaired) electrons. The number of morpholine rings is 1. The maximum Gasteiger partial charge on any atom is 0.255 e. The van der Waals surface area contributed by atoms with Gasteiger partial charge in [-0.3, -0.25) is 4.79 Å². The number of hydrogen-bond donors (Lipinski definition) is 2. The molecule has 0 saturated carbocycles. The van der Waals surface area contributed by atoms with Crippen LogP contribution in [0.5, 0.6) is 0 Å². The van der Waals surface area contributed by atoms with Crippen LogP contribution < -0.4 is 15.5 Å². The van der Waals surface area contributed by atoms with Crippen molar-refractivity contribution in [3.63, 3.8) is 0 Å². The summed E-state index contributed by atoms with van der Waals surface area (Å²) in [6.45, 7) is 5.02. The second kappa shape index (κ2) is 8.92. The van der Waals surface area contributed by atoms with Crippen molar-refractivity contribution in [3.05, 3.63) is 83.4 Å². The van der Waals surface area contributed by atoms with Crippen LogP contribution >= 0.6 is 0 Å². The smallest absolute Gasteiger partial charge is 0.255 e. The summed E-state index contributed by atoms with van der Waals surface area (Å²) in [5.74, 6) is -0.0952. The first-order valence-corrected chi connectivity index (χ1v) is 10.9. The lowest BCUT2D eigenvalue weighted by atomic mass is 9.95. The molecule has 3 aromatic rings. The number of carbonyl (C=O) groups is 1. The average molecular weight is 414 g/mol. The van der Waals surface area contributed by atoms with Gasteiger partial charge in [0.05, 0.1) is 24.6 Å². The van der Waals surface area contributed by atoms with E-state index in [-0.39, 0.29) is 5.91 Å². The highest BCUT2D eigenvalue weighted by molar-refractivity contribution is 6.06. The summed E-state index contributed by atoms with van der Waals surface area (Å²) in [4.78, 5) is 15.4. The van der Waals surface area contributed by atoms with Crippen LogP contribution in [0.3, 0.4) is 0 Å². The summed E-state index contributed by atoms with van der Waals surface area (Å²) in [5, 5.41) is 6.55. The van der Waals surface area contributed by atoms with Crippen LogP contribution in [0.1, 0.15) is 21.5 Å². The minimum Gasteiger partial charge on any atom is -0.378 e. The number of anilines is 2. The van der Waals surface area contributed by atoms with E-state index in [9.17, 15) is 4.79 Å². The summed E-state index contributed by atoms with van der Waals surface area (Å²) in [7, 11) is 0. The normalized spacial score (nSPS) is 15.9. The molecule has 1 saturated heterocycles. The zero-order chi connectivity index (χ0) is 21.0. The first kappa shape index (κ1) is 19.8. The Morgan fingerprint density at radius 2 is 1.74 bits per heavy atom. The van der Waals surface area contributed by atoms with Gasteiger partial charge in [-0.25, -0.2) is 0 Å². The predicted octanol–water partition coefficient (Wildman–Crippen LogP) is 4.09. The fourth-order valence-corrected chi connectivity index (χ4v) is 4.35. The highest BCUT2D eigenvalue weighted by atomic mass is 16.5. The van der Waals surface area contributed by atoms with Gasteiger partial charge in [0.1, 0.15) is 0 Å². The molecule has 0 bridgehead atoms. The van der Waals surface area contributed by atoms with Crippen molar-refractivity contribution < 1.29 is 9.53 Å². The Balaban J connectivity index is 1.38. The van der Waals surface area contributed by atoms with E-state index < -0.39 is 0 Å². The minimum absolute atomic E-state index is 0.0952. The Bertz CT molecular complexity index is 1090. The molecule has 2 aliphatic heterocycles. The number of benzene rings is 3. The number of carbonyl (C=O) groups excluding carboxylic acids is 1. The molecule has 2 N–H and O–H groups in total. The number of amides is 1. The van der Waals surface area contributed by atoms with E-state index in [1.807, 2.05) is 36.4 Å². The lowest BCUT2D eigenvalue weighted by Crippen LogP contribution is -2.36. The molecule has 0 atom stereocenters. The van der Waals surface area contributed by atoms with Crippen LogP contribution in [-0.4, -0.2) is 38.8 Å². The number of para-hydroxylation sites is 2. The average Bonchev–Trinajstić information content (AvgIpc) is 2.85. The van der Waals surface area contributed by atoms with E-state index in [2.05, 4.69) is 45.9 Å². The van der Waals surface area contributed by atoms with Crippen LogP contribution in [0, 0.1) is 0 Å². The summed E-state index contributed by atoms with van der Waals surface area (Å²) in [5.41, 5.74) is 7.49. The number of hydrogen-bond acceptors (Lipinski definition) is 4. The fourth-order valence-electron chi connectivity index (χ4n) is 4.35. The number of nitrogens with zero attached hydrogens (tertiary/aromatic N) is 1. The molecule has 2 heterocycles. The number of nitrogens with one attached hydrogen (secondary N) is 2. The Kier molecular flexibility index (Phi) is 5.69. The molecule has 5 rings (SSSR count). The predicted molar refractivity (Wildman–Crippen MR) is 125 cm³/mol. The van der Waals surface area contributed by atoms with Gasteiger partial charge in [0.25, 0.3) is 5.91 Å². The van der Waals surface area contributed by atoms with E-state index in [0.717, 1.165) is 55.1 Å². The number of rotatable bonds is 4. The van der Waals surface area contributed by atoms with Crippen molar-refractivity contribution in [3.8, 4) is 11.1 Å². The molecule has 158 valence electrons. The molecule has 1 fully saturated rings. The first-order chi connectivity index (χ1) is 15.3. The van der Waals surface area contributed by atoms with Crippen molar-refractivity contribution in [1.29, 1.82) is 0 Å². The zero-order valence-corrected chi connectivity index (χ0v) is 17.6. The van der Waals surface area contributed by atoms with Crippen LogP contribution in [-0.2, 0) is 17.7 Å². The van der Waals surface area contributed by atoms with Gasteiger partial charge in [-0.1, -0.05) is 36.4 Å². The molecule has 5 heteroatoms. The number of ether oxygens (including phenoxy) is 1. The maximum atomic E-state index is 13.1. The van der Waals surface area contributed by atoms with E-state index in [0.29, 0.717) is 18.8 Å². The van der Waals surface area contributed by atoms with Gasteiger partial charge in [-0.05, 0) is 65.6 Å². The van der Waals surface area contributed by atoms with Gasteiger partial charge in [0.15, 0.2) is 0 Å². The third-order valence-electron chi connectivity index (χ3n) is 6.05. The lowest BCUT2D eigenvalue weighted by Gasteiger charge is -2.30. The Morgan fingerprint density at radius 1 is 0.903 bits per heavy atom. The van der Waals surface area contributed by atoms with Gasteiger partial charge in [0.2, 0.25) is 0 Å². The van der Waals surface area contributed by atoms with Crippen molar-refractivity contribution in [2.75, 3.05) is 43.1 Å². The summed E-state index contributed by atoms with van der Waals surface area (Å²) in [6.07, 6.45) is 1.07. The second-order valence-corrected chi connectivity index (χ2v) is 8.06. The molecule has 3 aromatic carbocycles. The lowest BCUT2D eigenvalue weighted by molar-refractivity contribution is 0.102. The molecule has 2 aliphatic rings. The first-order valence-electron chi connectivity index (χ1n) is 10.9. The molecule has 0 unspecified atom stereocenters. The maximum absolute atomic E-state index is 13.1. The Labute approximate surface area is 183 Å². The SMILES string of the molecule is O=C(Nc1ccccc1N1CCOCC1)c1cccc(-c2ccc3c(c2)CNCC3)c1. The standard InChI is InChI=1S/C26H27N3O2/c30-26(28-24-6-1-2-7-25(24)29-12-14-31-15-13-29)22-5-3-4-20(16-22)21-9-8-19-10-11-27-18-23(19)17-21/h1-9,16-17,27H,10-15,18H2,(H,28,30). The quantitative estimate of drug-likeness (QED) is 0.677. The van der Waals surface area contributed by atoms with Crippen LogP contribution in [0.15, 0.2) is 66.7 Å². The molecular formula is C26H27N3O2. The summed E-state index contributed by atoms with van der Waals surface area (Å²) in [6, 6.07) is 22.5. The molecule has 0 spiro atoms. The molecule has 0 aromatic heterocycles. The van der Waals surface area contributed by atoms with Crippen molar-refractivity contribution in [1.82, 2.24) is 5.32 Å². The summed E-state index contributed by atoms with van der Waals surface area (Å²) >= 11 is 0. The third kappa shape index (κ3) is 4.33. The minimum atomic E-state index is -0.0952. The van der Waals surface area contributed by atoms with Gasteiger partial charge in [-0.2, -0.15) is 0 Å². The van der Waals surface area contributed by atoms with Crippen LogP contribution in [0.25, 0.3) is 11.1 Å². The monoisotopic (exact) mass is 413 g/mol. The van der Waals surface area contributed by atoms with E-state index in [4.69, 9.17) is 4.74 Å². The topological polar surface area (TPSA) is 53.6 Å². The van der Waals surface area contributed by atoms with Crippen LogP contribution in [0.4, 0.5) is 11.4 Å². The van der Waals surface area contributed by atoms with Crippen molar-refractivity contribution in [2.45, 2.75) is 13.0 Å². The van der Waals surface area contributed by atoms with E-state index in [1.54, 1.807) is 0 Å². The van der Waals surface area contributed by atoms with Gasteiger partial charge in [-0.15, -0.1) is 0 Å². The molecular weight excluding hydrogens is 386 g/mol. The van der Waals surface area contributed by atoms with E-state index >= 15 is 0 Å². The molecule has 0 aliphatic carbocycles. The third-order valence-corrected chi connectivity index (χ3v) is 6.05. The Hall–Kier alpha value is -3.15. The highest BCUT2D eigenvalue weighted by Gasteiger charge is 2.17. The zero-order valence-electron chi connectivity index (χ0n) is 17.6. The van der Waals surface area contributed by atoms with E-state index in [1.165, 1.54) is 11.1 Å². The van der Waals surface area contributed by atoms with Gasteiger partial charge < -0.3 is 20.3 Å². The fraction of sp³-hybridized carbons (Fsp3) is 0.269. The Morgan fingerprint density at radius 3 is 2.65 bits per heavy atom. The van der Waals surface area contributed by atoms with Crippen LogP contribution in [0.2, 0.25) is 0 Å². The van der Waals surface area contributed by atoms with Crippen molar-refractivity contribution in [2.24, 2.45) is 0 Å². The van der Waals surface area contributed by atoms with Crippen molar-refractivity contribution >= 4 is 17.3 Å². The summed E-state index contributed by atoms with van der Waals surface area (Å²) < 4.78 is 5.47. The second-order valence-electron chi connectivity index (χ2n) is 8.06. The molecule has 5 nitrogen and oxygen atoms in total. The highest BCUT2D eigenvalue weighted by Crippen LogP contribution is 2.28. The van der Waals surface area contributed by atoms with Gasteiger partial charge >= 0.3 is 0 Å². The largest absolute Gasteiger partial charge is 0.378 e. The molecule has 1 amide bonds.